The molecule has 0 unspecified atom stereocenters. The van der Waals surface area contributed by atoms with E-state index in [0.29, 0.717) is 24.7 Å². The van der Waals surface area contributed by atoms with Gasteiger partial charge in [-0.1, -0.05) is 36.9 Å². The number of ether oxygens (including phenoxy) is 2. The Morgan fingerprint density at radius 3 is 2.41 bits per heavy atom. The van der Waals surface area contributed by atoms with E-state index < -0.39 is 0 Å². The maximum Gasteiger partial charge on any atom is 0.175 e. The highest BCUT2D eigenvalue weighted by atomic mass is 79.9. The van der Waals surface area contributed by atoms with Crippen molar-refractivity contribution in [1.82, 2.24) is 0 Å². The summed E-state index contributed by atoms with van der Waals surface area (Å²) in [5.41, 5.74) is 3.30. The van der Waals surface area contributed by atoms with Gasteiger partial charge in [0, 0.05) is 16.8 Å². The summed E-state index contributed by atoms with van der Waals surface area (Å²) in [7, 11) is 0. The molecule has 0 saturated heterocycles. The van der Waals surface area contributed by atoms with E-state index in [-0.39, 0.29) is 6.17 Å². The Balaban J connectivity index is 1.73. The zero-order chi connectivity index (χ0) is 18.8. The van der Waals surface area contributed by atoms with Crippen LogP contribution in [0, 0.1) is 0 Å². The number of benzene rings is 3. The van der Waals surface area contributed by atoms with E-state index in [1.165, 1.54) is 10.8 Å². The number of anilines is 2. The molecule has 3 aromatic rings. The van der Waals surface area contributed by atoms with Crippen molar-refractivity contribution in [1.29, 1.82) is 0 Å². The minimum Gasteiger partial charge on any atom is -0.490 e. The molecule has 3 aromatic carbocycles. The fraction of sp³-hybridized carbons (Fsp3) is 0.182. The topological polar surface area (TPSA) is 42.5 Å². The van der Waals surface area contributed by atoms with Crippen molar-refractivity contribution in [2.45, 2.75) is 13.1 Å². The number of hydrogen-bond donors (Lipinski definition) is 2. The summed E-state index contributed by atoms with van der Waals surface area (Å²) in [5.74, 6) is 1.41. The summed E-state index contributed by atoms with van der Waals surface area (Å²) < 4.78 is 12.5. The van der Waals surface area contributed by atoms with Crippen molar-refractivity contribution < 1.29 is 9.47 Å². The Morgan fingerprint density at radius 2 is 1.78 bits per heavy atom. The molecule has 0 spiro atoms. The molecule has 0 bridgehead atoms. The standard InChI is InChI=1S/C22H21BrN2O2/c1-3-11-27-21-16(23)12-15(13-19(21)26-4-2)22-24-17-9-5-7-14-8-6-10-18(25-22)20(14)17/h3,5-10,12-13,22,24-25H,1,4,11H2,2H3. The first-order valence-corrected chi connectivity index (χ1v) is 9.75. The highest BCUT2D eigenvalue weighted by Crippen LogP contribution is 2.42. The van der Waals surface area contributed by atoms with E-state index in [9.17, 15) is 0 Å². The third-order valence-electron chi connectivity index (χ3n) is 4.51. The van der Waals surface area contributed by atoms with Crippen molar-refractivity contribution in [2.24, 2.45) is 0 Å². The third-order valence-corrected chi connectivity index (χ3v) is 5.10. The summed E-state index contributed by atoms with van der Waals surface area (Å²) in [6.07, 6.45) is 1.65. The largest absolute Gasteiger partial charge is 0.490 e. The Bertz CT molecular complexity index is 962. The van der Waals surface area contributed by atoms with Gasteiger partial charge >= 0.3 is 0 Å². The minimum atomic E-state index is -0.0746. The van der Waals surface area contributed by atoms with Gasteiger partial charge in [-0.05, 0) is 58.1 Å². The number of halogens is 1. The second-order valence-corrected chi connectivity index (χ2v) is 7.15. The molecule has 4 rings (SSSR count). The molecule has 1 heterocycles. The summed E-state index contributed by atoms with van der Waals surface area (Å²) in [5, 5.41) is 9.61. The Hall–Kier alpha value is -2.66. The molecule has 1 aliphatic rings. The lowest BCUT2D eigenvalue weighted by molar-refractivity contribution is 0.295. The van der Waals surface area contributed by atoms with Crippen molar-refractivity contribution in [3.8, 4) is 11.5 Å². The van der Waals surface area contributed by atoms with Crippen molar-refractivity contribution in [3.63, 3.8) is 0 Å². The quantitative estimate of drug-likeness (QED) is 0.468. The van der Waals surface area contributed by atoms with Crippen LogP contribution in [0.4, 0.5) is 11.4 Å². The number of hydrogen-bond acceptors (Lipinski definition) is 4. The van der Waals surface area contributed by atoms with Crippen LogP contribution >= 0.6 is 15.9 Å². The molecule has 0 fully saturated rings. The SMILES string of the molecule is C=CCOc1c(Br)cc(C2Nc3cccc4cccc(c34)N2)cc1OCC. The smallest absolute Gasteiger partial charge is 0.175 e. The molecule has 0 radical (unpaired) electrons. The molecule has 0 saturated carbocycles. The van der Waals surface area contributed by atoms with Crippen LogP contribution in [-0.2, 0) is 0 Å². The third kappa shape index (κ3) is 3.35. The average Bonchev–Trinajstić information content (AvgIpc) is 2.68. The maximum absolute atomic E-state index is 5.83. The second-order valence-electron chi connectivity index (χ2n) is 6.29. The van der Waals surface area contributed by atoms with Gasteiger partial charge in [0.05, 0.1) is 11.1 Å². The molecule has 1 aliphatic heterocycles. The Labute approximate surface area is 167 Å². The normalized spacial score (nSPS) is 13.0. The lowest BCUT2D eigenvalue weighted by Crippen LogP contribution is -2.23. The van der Waals surface area contributed by atoms with Gasteiger partial charge in [-0.2, -0.15) is 0 Å². The molecule has 0 aliphatic carbocycles. The van der Waals surface area contributed by atoms with Crippen LogP contribution in [0.5, 0.6) is 11.5 Å². The lowest BCUT2D eigenvalue weighted by atomic mass is 10.0. The lowest BCUT2D eigenvalue weighted by Gasteiger charge is -2.30. The predicted molar refractivity (Wildman–Crippen MR) is 115 cm³/mol. The first-order chi connectivity index (χ1) is 13.2. The first kappa shape index (κ1) is 17.7. The predicted octanol–water partition coefficient (Wildman–Crippen LogP) is 6.10. The summed E-state index contributed by atoms with van der Waals surface area (Å²) >= 11 is 3.63. The zero-order valence-electron chi connectivity index (χ0n) is 15.1. The molecular formula is C22H21BrN2O2. The van der Waals surface area contributed by atoms with E-state index >= 15 is 0 Å². The average molecular weight is 425 g/mol. The molecule has 4 nitrogen and oxygen atoms in total. The van der Waals surface area contributed by atoms with Gasteiger partial charge in [0.15, 0.2) is 11.5 Å². The monoisotopic (exact) mass is 424 g/mol. The molecule has 0 atom stereocenters. The van der Waals surface area contributed by atoms with Gasteiger partial charge in [-0.25, -0.2) is 0 Å². The van der Waals surface area contributed by atoms with Crippen LogP contribution in [0.2, 0.25) is 0 Å². The van der Waals surface area contributed by atoms with E-state index in [4.69, 9.17) is 9.47 Å². The molecule has 5 heteroatoms. The Kier molecular flexibility index (Phi) is 4.94. The molecule has 2 N–H and O–H groups in total. The summed E-state index contributed by atoms with van der Waals surface area (Å²) in [6, 6.07) is 16.7. The van der Waals surface area contributed by atoms with Gasteiger partial charge in [-0.3, -0.25) is 0 Å². The Morgan fingerprint density at radius 1 is 1.07 bits per heavy atom. The van der Waals surface area contributed by atoms with E-state index in [1.807, 2.05) is 13.0 Å². The molecule has 27 heavy (non-hydrogen) atoms. The number of rotatable bonds is 6. The van der Waals surface area contributed by atoms with Gasteiger partial charge < -0.3 is 20.1 Å². The van der Waals surface area contributed by atoms with Crippen molar-refractivity contribution in [2.75, 3.05) is 23.8 Å². The van der Waals surface area contributed by atoms with Crippen LogP contribution in [0.3, 0.4) is 0 Å². The zero-order valence-corrected chi connectivity index (χ0v) is 16.7. The highest BCUT2D eigenvalue weighted by molar-refractivity contribution is 9.10. The van der Waals surface area contributed by atoms with E-state index in [2.05, 4.69) is 75.6 Å². The van der Waals surface area contributed by atoms with Gasteiger partial charge in [0.1, 0.15) is 12.8 Å². The van der Waals surface area contributed by atoms with Crippen LogP contribution < -0.4 is 20.1 Å². The van der Waals surface area contributed by atoms with E-state index in [1.54, 1.807) is 6.08 Å². The van der Waals surface area contributed by atoms with Crippen molar-refractivity contribution >= 4 is 38.1 Å². The van der Waals surface area contributed by atoms with Crippen molar-refractivity contribution in [3.05, 3.63) is 71.2 Å². The summed E-state index contributed by atoms with van der Waals surface area (Å²) in [4.78, 5) is 0. The molecule has 0 aromatic heterocycles. The van der Waals surface area contributed by atoms with Gasteiger partial charge in [0.25, 0.3) is 0 Å². The fourth-order valence-electron chi connectivity index (χ4n) is 3.40. The first-order valence-electron chi connectivity index (χ1n) is 8.96. The fourth-order valence-corrected chi connectivity index (χ4v) is 3.97. The molecule has 138 valence electrons. The maximum atomic E-state index is 5.83. The van der Waals surface area contributed by atoms with Crippen LogP contribution in [0.25, 0.3) is 10.8 Å². The van der Waals surface area contributed by atoms with Gasteiger partial charge in [0.2, 0.25) is 0 Å². The van der Waals surface area contributed by atoms with Crippen LogP contribution in [-0.4, -0.2) is 13.2 Å². The van der Waals surface area contributed by atoms with E-state index in [0.717, 1.165) is 21.4 Å². The van der Waals surface area contributed by atoms with Crippen LogP contribution in [0.1, 0.15) is 18.7 Å². The summed E-state index contributed by atoms with van der Waals surface area (Å²) in [6.45, 7) is 6.66. The van der Waals surface area contributed by atoms with Gasteiger partial charge in [-0.15, -0.1) is 0 Å². The minimum absolute atomic E-state index is 0.0746. The van der Waals surface area contributed by atoms with Crippen LogP contribution in [0.15, 0.2) is 65.7 Å². The molecule has 0 amide bonds. The highest BCUT2D eigenvalue weighted by Gasteiger charge is 2.23. The second kappa shape index (κ2) is 7.53. The molecular weight excluding hydrogens is 404 g/mol. The number of nitrogens with one attached hydrogen (secondary N) is 2.